The standard InChI is InChI=1S/C27H26N6O3S/c1-17-14-21(18(2)32(17)23-11-10-20(33(34)35)15-24(23)36-3)26-25(22-9-5-7-13-29-22)30-27(37)31(26)16-19-8-4-6-12-28-19/h4-15,25-26H,16H2,1-3H3,(H,30,37). The van der Waals surface area contributed by atoms with Crippen LogP contribution in [0.3, 0.4) is 0 Å². The van der Waals surface area contributed by atoms with E-state index in [0.29, 0.717) is 17.4 Å². The SMILES string of the molecule is COc1cc([N+](=O)[O-])ccc1-n1c(C)cc(C2C(c3ccccn3)NC(=S)N2Cc2ccccn2)c1C. The molecule has 1 aliphatic heterocycles. The maximum atomic E-state index is 11.3. The molecule has 0 radical (unpaired) electrons. The van der Waals surface area contributed by atoms with E-state index >= 15 is 0 Å². The second kappa shape index (κ2) is 9.98. The number of aromatic nitrogens is 3. The van der Waals surface area contributed by atoms with Gasteiger partial charge in [0.25, 0.3) is 5.69 Å². The molecule has 2 unspecified atom stereocenters. The molecule has 4 heterocycles. The van der Waals surface area contributed by atoms with Crippen LogP contribution in [0.25, 0.3) is 5.69 Å². The van der Waals surface area contributed by atoms with E-state index in [2.05, 4.69) is 30.8 Å². The third-order valence-electron chi connectivity index (χ3n) is 6.66. The van der Waals surface area contributed by atoms with Crippen LogP contribution in [0.2, 0.25) is 0 Å². The highest BCUT2D eigenvalue weighted by molar-refractivity contribution is 7.80. The lowest BCUT2D eigenvalue weighted by molar-refractivity contribution is -0.384. The number of benzene rings is 1. The highest BCUT2D eigenvalue weighted by Crippen LogP contribution is 2.43. The fourth-order valence-electron chi connectivity index (χ4n) is 5.00. The number of pyridine rings is 2. The topological polar surface area (TPSA) is 98.3 Å². The number of aryl methyl sites for hydroxylation is 1. The molecule has 10 heteroatoms. The number of hydrogen-bond acceptors (Lipinski definition) is 6. The number of ether oxygens (including phenoxy) is 1. The Morgan fingerprint density at radius 2 is 1.84 bits per heavy atom. The van der Waals surface area contributed by atoms with E-state index < -0.39 is 4.92 Å². The summed E-state index contributed by atoms with van der Waals surface area (Å²) in [5.41, 5.74) is 5.51. The first-order valence-electron chi connectivity index (χ1n) is 11.8. The molecule has 9 nitrogen and oxygen atoms in total. The van der Waals surface area contributed by atoms with Crippen molar-refractivity contribution in [3.63, 3.8) is 0 Å². The van der Waals surface area contributed by atoms with Crippen molar-refractivity contribution in [1.82, 2.24) is 24.8 Å². The van der Waals surface area contributed by atoms with E-state index in [1.807, 2.05) is 50.2 Å². The summed E-state index contributed by atoms with van der Waals surface area (Å²) in [6, 6.07) is 18.2. The lowest BCUT2D eigenvalue weighted by atomic mass is 9.96. The average Bonchev–Trinajstić information content (AvgIpc) is 3.39. The van der Waals surface area contributed by atoms with Crippen LogP contribution >= 0.6 is 12.2 Å². The van der Waals surface area contributed by atoms with Crippen molar-refractivity contribution >= 4 is 23.0 Å². The Morgan fingerprint density at radius 1 is 1.08 bits per heavy atom. The second-order valence-corrected chi connectivity index (χ2v) is 9.24. The van der Waals surface area contributed by atoms with E-state index in [0.717, 1.165) is 34.0 Å². The van der Waals surface area contributed by atoms with E-state index in [1.54, 1.807) is 18.5 Å². The maximum Gasteiger partial charge on any atom is 0.273 e. The van der Waals surface area contributed by atoms with Crippen LogP contribution in [0.5, 0.6) is 5.75 Å². The van der Waals surface area contributed by atoms with Gasteiger partial charge in [0.05, 0.1) is 53.8 Å². The van der Waals surface area contributed by atoms with Crippen molar-refractivity contribution in [2.75, 3.05) is 7.11 Å². The summed E-state index contributed by atoms with van der Waals surface area (Å²) in [6.45, 7) is 4.58. The minimum Gasteiger partial charge on any atom is -0.494 e. The summed E-state index contributed by atoms with van der Waals surface area (Å²) in [5, 5.41) is 15.4. The molecule has 2 atom stereocenters. The predicted molar refractivity (Wildman–Crippen MR) is 144 cm³/mol. The summed E-state index contributed by atoms with van der Waals surface area (Å²) < 4.78 is 7.62. The average molecular weight is 515 g/mol. The Kier molecular flexibility index (Phi) is 6.58. The van der Waals surface area contributed by atoms with Gasteiger partial charge in [-0.25, -0.2) is 0 Å². The number of nitrogens with one attached hydrogen (secondary N) is 1. The molecular weight excluding hydrogens is 488 g/mol. The molecule has 37 heavy (non-hydrogen) atoms. The largest absolute Gasteiger partial charge is 0.494 e. The van der Waals surface area contributed by atoms with Gasteiger partial charge in [-0.05, 0) is 68.0 Å². The van der Waals surface area contributed by atoms with Crippen LogP contribution in [0.1, 0.15) is 40.4 Å². The molecule has 1 saturated heterocycles. The minimum atomic E-state index is -0.425. The fraction of sp³-hybridized carbons (Fsp3) is 0.222. The Labute approximate surface area is 219 Å². The van der Waals surface area contributed by atoms with Crippen molar-refractivity contribution in [3.8, 4) is 11.4 Å². The van der Waals surface area contributed by atoms with Crippen LogP contribution in [-0.4, -0.2) is 36.6 Å². The van der Waals surface area contributed by atoms with Crippen LogP contribution in [0.15, 0.2) is 73.1 Å². The number of rotatable bonds is 7. The minimum absolute atomic E-state index is 0.0228. The van der Waals surface area contributed by atoms with E-state index in [4.69, 9.17) is 17.0 Å². The summed E-state index contributed by atoms with van der Waals surface area (Å²) in [7, 11) is 1.52. The third-order valence-corrected chi connectivity index (χ3v) is 7.01. The molecule has 5 rings (SSSR count). The van der Waals surface area contributed by atoms with Crippen LogP contribution in [-0.2, 0) is 6.54 Å². The van der Waals surface area contributed by atoms with Crippen LogP contribution in [0, 0.1) is 24.0 Å². The van der Waals surface area contributed by atoms with Crippen molar-refractivity contribution < 1.29 is 9.66 Å². The molecule has 3 aromatic heterocycles. The van der Waals surface area contributed by atoms with Gasteiger partial charge in [0.1, 0.15) is 5.75 Å². The van der Waals surface area contributed by atoms with Gasteiger partial charge in [0, 0.05) is 29.8 Å². The molecule has 1 aromatic carbocycles. The molecule has 0 amide bonds. The van der Waals surface area contributed by atoms with Gasteiger partial charge in [0.15, 0.2) is 5.11 Å². The lowest BCUT2D eigenvalue weighted by Gasteiger charge is -2.28. The van der Waals surface area contributed by atoms with E-state index in [9.17, 15) is 10.1 Å². The Morgan fingerprint density at radius 3 is 2.49 bits per heavy atom. The molecule has 0 bridgehead atoms. The van der Waals surface area contributed by atoms with Gasteiger partial charge < -0.3 is 19.5 Å². The molecule has 1 fully saturated rings. The first-order valence-corrected chi connectivity index (χ1v) is 12.2. The van der Waals surface area contributed by atoms with Gasteiger partial charge in [0.2, 0.25) is 0 Å². The summed E-state index contributed by atoms with van der Waals surface area (Å²) in [5.74, 6) is 0.425. The Bertz CT molecular complexity index is 1460. The molecular formula is C27H26N6O3S. The number of nitrogens with zero attached hydrogens (tertiary/aromatic N) is 5. The normalized spacial score (nSPS) is 17.1. The number of nitro benzene ring substituents is 1. The van der Waals surface area contributed by atoms with Crippen molar-refractivity contribution in [1.29, 1.82) is 0 Å². The molecule has 0 saturated carbocycles. The molecule has 1 aliphatic rings. The molecule has 4 aromatic rings. The lowest BCUT2D eigenvalue weighted by Crippen LogP contribution is -2.29. The summed E-state index contributed by atoms with van der Waals surface area (Å²) in [6.07, 6.45) is 3.56. The first kappa shape index (κ1) is 24.4. The van der Waals surface area contributed by atoms with Crippen molar-refractivity contribution in [2.24, 2.45) is 0 Å². The fourth-order valence-corrected chi connectivity index (χ4v) is 5.31. The summed E-state index contributed by atoms with van der Waals surface area (Å²) >= 11 is 5.82. The molecule has 188 valence electrons. The maximum absolute atomic E-state index is 11.3. The first-order chi connectivity index (χ1) is 17.9. The van der Waals surface area contributed by atoms with Gasteiger partial charge in [-0.3, -0.25) is 20.1 Å². The van der Waals surface area contributed by atoms with E-state index in [-0.39, 0.29) is 17.8 Å². The number of thiocarbonyl (C=S) groups is 1. The Balaban J connectivity index is 1.63. The van der Waals surface area contributed by atoms with Crippen molar-refractivity contribution in [3.05, 3.63) is 112 Å². The summed E-state index contributed by atoms with van der Waals surface area (Å²) in [4.78, 5) is 22.2. The van der Waals surface area contributed by atoms with Gasteiger partial charge in [-0.15, -0.1) is 0 Å². The molecule has 1 N–H and O–H groups in total. The highest BCUT2D eigenvalue weighted by atomic mass is 32.1. The van der Waals surface area contributed by atoms with Crippen LogP contribution < -0.4 is 10.1 Å². The van der Waals surface area contributed by atoms with Gasteiger partial charge >= 0.3 is 0 Å². The number of hydrogen-bond donors (Lipinski definition) is 1. The smallest absolute Gasteiger partial charge is 0.273 e. The van der Waals surface area contributed by atoms with Gasteiger partial charge in [-0.1, -0.05) is 12.1 Å². The monoisotopic (exact) mass is 514 g/mol. The van der Waals surface area contributed by atoms with Crippen LogP contribution in [0.4, 0.5) is 5.69 Å². The molecule has 0 aliphatic carbocycles. The highest BCUT2D eigenvalue weighted by Gasteiger charge is 2.41. The second-order valence-electron chi connectivity index (χ2n) is 8.85. The number of methoxy groups -OCH3 is 1. The predicted octanol–water partition coefficient (Wildman–Crippen LogP) is 4.97. The quantitative estimate of drug-likeness (QED) is 0.210. The molecule has 0 spiro atoms. The van der Waals surface area contributed by atoms with Crippen molar-refractivity contribution in [2.45, 2.75) is 32.5 Å². The zero-order chi connectivity index (χ0) is 26.1. The third kappa shape index (κ3) is 4.51. The Hall–Kier alpha value is -4.31. The zero-order valence-corrected chi connectivity index (χ0v) is 21.5. The zero-order valence-electron chi connectivity index (χ0n) is 20.7. The number of non-ortho nitro benzene ring substituents is 1. The van der Waals surface area contributed by atoms with Gasteiger partial charge in [-0.2, -0.15) is 0 Å². The number of nitro groups is 1. The van der Waals surface area contributed by atoms with E-state index in [1.165, 1.54) is 19.2 Å².